The van der Waals surface area contributed by atoms with E-state index in [1.54, 1.807) is 23.1 Å². The number of halogens is 1. The molecule has 0 bridgehead atoms. The van der Waals surface area contributed by atoms with Crippen LogP contribution >= 0.6 is 11.6 Å². The van der Waals surface area contributed by atoms with Crippen molar-refractivity contribution in [1.82, 2.24) is 0 Å². The van der Waals surface area contributed by atoms with Crippen LogP contribution in [0.2, 0.25) is 5.02 Å². The second kappa shape index (κ2) is 8.00. The fourth-order valence-corrected chi connectivity index (χ4v) is 3.37. The highest BCUT2D eigenvalue weighted by atomic mass is 35.5. The molecule has 0 radical (unpaired) electrons. The number of benzene rings is 2. The SMILES string of the molecule is CC(=O)N1CCc2cc(C(=O)C(C)OC(=O)c3cc([N+](=O)[O-])ccc3Cl)ccc21. The number of carbonyl (C=O) groups excluding carboxylic acids is 3. The van der Waals surface area contributed by atoms with Crippen LogP contribution in [0, 0.1) is 10.1 Å². The smallest absolute Gasteiger partial charge is 0.340 e. The molecule has 0 spiro atoms. The fraction of sp³-hybridized carbons (Fsp3) is 0.250. The first-order valence-electron chi connectivity index (χ1n) is 8.79. The lowest BCUT2D eigenvalue weighted by Crippen LogP contribution is -2.26. The number of rotatable bonds is 5. The second-order valence-electron chi connectivity index (χ2n) is 6.60. The third-order valence-electron chi connectivity index (χ3n) is 4.67. The molecule has 3 rings (SSSR count). The maximum absolute atomic E-state index is 12.7. The van der Waals surface area contributed by atoms with E-state index in [9.17, 15) is 24.5 Å². The van der Waals surface area contributed by atoms with Crippen LogP contribution in [0.3, 0.4) is 0 Å². The summed E-state index contributed by atoms with van der Waals surface area (Å²) in [6.07, 6.45) is -0.491. The Kier molecular flexibility index (Phi) is 5.65. The summed E-state index contributed by atoms with van der Waals surface area (Å²) in [7, 11) is 0. The highest BCUT2D eigenvalue weighted by Crippen LogP contribution is 2.29. The number of ketones is 1. The summed E-state index contributed by atoms with van der Waals surface area (Å²) in [6, 6.07) is 8.36. The van der Waals surface area contributed by atoms with E-state index in [0.29, 0.717) is 18.5 Å². The highest BCUT2D eigenvalue weighted by Gasteiger charge is 2.26. The topological polar surface area (TPSA) is 107 Å². The number of non-ortho nitro benzene ring substituents is 1. The molecule has 8 nitrogen and oxygen atoms in total. The average Bonchev–Trinajstić information content (AvgIpc) is 3.10. The predicted molar refractivity (Wildman–Crippen MR) is 105 cm³/mol. The molecular weight excluding hydrogens is 400 g/mol. The van der Waals surface area contributed by atoms with E-state index >= 15 is 0 Å². The Morgan fingerprint density at radius 3 is 2.59 bits per heavy atom. The van der Waals surface area contributed by atoms with Crippen molar-refractivity contribution in [1.29, 1.82) is 0 Å². The minimum Gasteiger partial charge on any atom is -0.451 e. The number of nitrogens with zero attached hydrogens (tertiary/aromatic N) is 2. The molecule has 1 amide bonds. The number of amides is 1. The van der Waals surface area contributed by atoms with E-state index in [1.807, 2.05) is 0 Å². The molecule has 1 aliphatic rings. The maximum atomic E-state index is 12.7. The summed E-state index contributed by atoms with van der Waals surface area (Å²) in [4.78, 5) is 48.6. The van der Waals surface area contributed by atoms with Crippen LogP contribution < -0.4 is 4.90 Å². The quantitative estimate of drug-likeness (QED) is 0.319. The van der Waals surface area contributed by atoms with Gasteiger partial charge in [-0.25, -0.2) is 4.79 Å². The van der Waals surface area contributed by atoms with E-state index in [-0.39, 0.29) is 22.2 Å². The summed E-state index contributed by atoms with van der Waals surface area (Å²) < 4.78 is 5.19. The lowest BCUT2D eigenvalue weighted by Gasteiger charge is -2.16. The first kappa shape index (κ1) is 20.5. The monoisotopic (exact) mass is 416 g/mol. The number of carbonyl (C=O) groups is 3. The second-order valence-corrected chi connectivity index (χ2v) is 7.00. The van der Waals surface area contributed by atoms with Crippen molar-refractivity contribution in [2.24, 2.45) is 0 Å². The Balaban J connectivity index is 1.76. The van der Waals surface area contributed by atoms with E-state index in [1.165, 1.54) is 26.0 Å². The summed E-state index contributed by atoms with van der Waals surface area (Å²) >= 11 is 5.94. The maximum Gasteiger partial charge on any atom is 0.340 e. The van der Waals surface area contributed by atoms with Crippen LogP contribution in [-0.2, 0) is 16.0 Å². The van der Waals surface area contributed by atoms with Gasteiger partial charge in [0.05, 0.1) is 15.5 Å². The minimum absolute atomic E-state index is 0.0119. The van der Waals surface area contributed by atoms with Gasteiger partial charge in [-0.1, -0.05) is 11.6 Å². The van der Waals surface area contributed by atoms with Gasteiger partial charge in [0.2, 0.25) is 11.7 Å². The Morgan fingerprint density at radius 1 is 1.21 bits per heavy atom. The number of hydrogen-bond donors (Lipinski definition) is 0. The Morgan fingerprint density at radius 2 is 1.93 bits per heavy atom. The molecule has 0 aromatic heterocycles. The molecule has 0 aliphatic carbocycles. The average molecular weight is 417 g/mol. The molecule has 0 N–H and O–H groups in total. The highest BCUT2D eigenvalue weighted by molar-refractivity contribution is 6.33. The Labute approximate surface area is 171 Å². The third-order valence-corrected chi connectivity index (χ3v) is 5.00. The van der Waals surface area contributed by atoms with Crippen molar-refractivity contribution in [3.63, 3.8) is 0 Å². The number of anilines is 1. The van der Waals surface area contributed by atoms with Crippen molar-refractivity contribution >= 4 is 40.6 Å². The molecule has 2 aromatic carbocycles. The zero-order valence-corrected chi connectivity index (χ0v) is 16.4. The predicted octanol–water partition coefficient (Wildman–Crippen LogP) is 3.59. The number of hydrogen-bond acceptors (Lipinski definition) is 6. The molecule has 1 unspecified atom stereocenters. The number of esters is 1. The summed E-state index contributed by atoms with van der Waals surface area (Å²) in [5.41, 5.74) is 1.48. The van der Waals surface area contributed by atoms with Gasteiger partial charge in [-0.05, 0) is 43.2 Å². The Bertz CT molecular complexity index is 1040. The van der Waals surface area contributed by atoms with E-state index in [4.69, 9.17) is 16.3 Å². The number of nitro groups is 1. The van der Waals surface area contributed by atoms with Gasteiger partial charge >= 0.3 is 5.97 Å². The fourth-order valence-electron chi connectivity index (χ4n) is 3.18. The van der Waals surface area contributed by atoms with Gasteiger partial charge in [-0.15, -0.1) is 0 Å². The number of fused-ring (bicyclic) bond motifs is 1. The molecule has 1 aliphatic heterocycles. The molecule has 0 saturated heterocycles. The van der Waals surface area contributed by atoms with E-state index < -0.39 is 22.8 Å². The first-order valence-corrected chi connectivity index (χ1v) is 9.17. The standard InChI is InChI=1S/C20H17ClN2O6/c1-11(29-20(26)16-10-15(23(27)28)4-5-17(16)21)19(25)14-3-6-18-13(9-14)7-8-22(18)12(2)24/h3-6,9-11H,7-8H2,1-2H3. The van der Waals surface area contributed by atoms with Gasteiger partial charge in [0, 0.05) is 36.9 Å². The van der Waals surface area contributed by atoms with Crippen LogP contribution in [0.25, 0.3) is 0 Å². The summed E-state index contributed by atoms with van der Waals surface area (Å²) in [5.74, 6) is -1.42. The molecule has 29 heavy (non-hydrogen) atoms. The molecule has 1 heterocycles. The van der Waals surface area contributed by atoms with Gasteiger partial charge in [0.1, 0.15) is 0 Å². The summed E-state index contributed by atoms with van der Waals surface area (Å²) in [5, 5.41) is 10.9. The van der Waals surface area contributed by atoms with Gasteiger partial charge in [0.15, 0.2) is 6.10 Å². The van der Waals surface area contributed by atoms with Crippen molar-refractivity contribution in [3.8, 4) is 0 Å². The largest absolute Gasteiger partial charge is 0.451 e. The van der Waals surface area contributed by atoms with Crippen LogP contribution in [0.5, 0.6) is 0 Å². The number of Topliss-reactive ketones (excluding diaryl/α,β-unsaturated/α-hetero) is 1. The van der Waals surface area contributed by atoms with Gasteiger partial charge in [0.25, 0.3) is 5.69 Å². The molecule has 2 aromatic rings. The van der Waals surface area contributed by atoms with Crippen LogP contribution in [0.4, 0.5) is 11.4 Å². The lowest BCUT2D eigenvalue weighted by molar-refractivity contribution is -0.384. The molecule has 9 heteroatoms. The van der Waals surface area contributed by atoms with Crippen molar-refractivity contribution < 1.29 is 24.0 Å². The Hall–Kier alpha value is -3.26. The first-order chi connectivity index (χ1) is 13.7. The minimum atomic E-state index is -1.12. The normalized spacial score (nSPS) is 13.6. The van der Waals surface area contributed by atoms with Gasteiger partial charge in [-0.2, -0.15) is 0 Å². The van der Waals surface area contributed by atoms with Crippen molar-refractivity contribution in [2.45, 2.75) is 26.4 Å². The summed E-state index contributed by atoms with van der Waals surface area (Å²) in [6.45, 7) is 3.45. The van der Waals surface area contributed by atoms with Gasteiger partial charge in [-0.3, -0.25) is 19.7 Å². The lowest BCUT2D eigenvalue weighted by atomic mass is 10.0. The zero-order chi connectivity index (χ0) is 21.3. The number of ether oxygens (including phenoxy) is 1. The van der Waals surface area contributed by atoms with Gasteiger partial charge < -0.3 is 9.64 Å². The van der Waals surface area contributed by atoms with Crippen LogP contribution in [-0.4, -0.2) is 35.2 Å². The van der Waals surface area contributed by atoms with E-state index in [2.05, 4.69) is 0 Å². The zero-order valence-electron chi connectivity index (χ0n) is 15.7. The molecular formula is C20H17ClN2O6. The molecule has 1 atom stereocenters. The number of nitro benzene ring substituents is 1. The van der Waals surface area contributed by atoms with E-state index in [0.717, 1.165) is 17.3 Å². The van der Waals surface area contributed by atoms with Crippen molar-refractivity contribution in [2.75, 3.05) is 11.4 Å². The van der Waals surface area contributed by atoms with Crippen molar-refractivity contribution in [3.05, 3.63) is 68.2 Å². The molecule has 0 fully saturated rings. The van der Waals surface area contributed by atoms with Crippen LogP contribution in [0.1, 0.15) is 40.1 Å². The molecule has 150 valence electrons. The molecule has 0 saturated carbocycles. The third kappa shape index (κ3) is 4.12. The van der Waals surface area contributed by atoms with Crippen LogP contribution in [0.15, 0.2) is 36.4 Å².